The zero-order valence-corrected chi connectivity index (χ0v) is 33.0. The molecule has 16 heteroatoms. The number of hydrogen-bond donors (Lipinski definition) is 3. The Morgan fingerprint density at radius 2 is 1.45 bits per heavy atom. The Kier molecular flexibility index (Phi) is 11.4. The third-order valence-corrected chi connectivity index (χ3v) is 12.2. The summed E-state index contributed by atoms with van der Waals surface area (Å²) in [6, 6.07) is 6.18. The van der Waals surface area contributed by atoms with Gasteiger partial charge in [0.1, 0.15) is 45.8 Å². The first-order chi connectivity index (χ1) is 26.5. The van der Waals surface area contributed by atoms with Gasteiger partial charge in [0.05, 0.1) is 12.1 Å². The van der Waals surface area contributed by atoms with Gasteiger partial charge >= 0.3 is 0 Å². The monoisotopic (exact) mass is 786 g/mol. The maximum Gasteiger partial charge on any atom is 0.276 e. The maximum atomic E-state index is 14.2. The fourth-order valence-electron chi connectivity index (χ4n) is 7.52. The fraction of sp³-hybridized carbons (Fsp3) is 0.487. The minimum absolute atomic E-state index is 0.0494. The molecule has 3 aromatic heterocycles. The Labute approximate surface area is 327 Å². The lowest BCUT2D eigenvalue weighted by molar-refractivity contribution is -0.134. The summed E-state index contributed by atoms with van der Waals surface area (Å²) in [5.41, 5.74) is 1.58. The number of hydrogen-bond acceptors (Lipinski definition) is 11. The Balaban J connectivity index is 1.25. The Morgan fingerprint density at radius 1 is 0.764 bits per heavy atom. The second-order valence-electron chi connectivity index (χ2n) is 15.2. The van der Waals surface area contributed by atoms with Crippen molar-refractivity contribution >= 4 is 52.2 Å². The van der Waals surface area contributed by atoms with E-state index < -0.39 is 47.8 Å². The first-order valence-corrected chi connectivity index (χ1v) is 20.7. The van der Waals surface area contributed by atoms with Crippen molar-refractivity contribution in [3.8, 4) is 11.6 Å². The summed E-state index contributed by atoms with van der Waals surface area (Å²) in [6.45, 7) is 8.56. The molecular formula is C39H46N8O6S2. The van der Waals surface area contributed by atoms with Gasteiger partial charge in [0.25, 0.3) is 11.8 Å². The third-order valence-electron chi connectivity index (χ3n) is 10.3. The van der Waals surface area contributed by atoms with E-state index in [1.54, 1.807) is 15.7 Å². The lowest BCUT2D eigenvalue weighted by Gasteiger charge is -2.29. The SMILES string of the molecule is CC(C)C[C@@H]1NC(=O)c2csc(n2)[C@@H](Cc2ccccc2)NC(=O)[C@H](C(C)C)NC(=O)[C@@H]2CCCN2C(=O)c2coc(n2)-c2csc(n2)[C@@H]2CCCN2C1=O. The second-order valence-corrected chi connectivity index (χ2v) is 16.9. The molecule has 0 spiro atoms. The van der Waals surface area contributed by atoms with Crippen molar-refractivity contribution < 1.29 is 28.4 Å². The van der Waals surface area contributed by atoms with Gasteiger partial charge in [0, 0.05) is 23.8 Å². The number of fused-ring (bicyclic) bond motifs is 10. The van der Waals surface area contributed by atoms with Gasteiger partial charge in [-0.15, -0.1) is 22.7 Å². The molecule has 2 saturated heterocycles. The van der Waals surface area contributed by atoms with Gasteiger partial charge in [-0.3, -0.25) is 24.0 Å². The van der Waals surface area contributed by atoms with Crippen LogP contribution in [0.4, 0.5) is 0 Å². The largest absolute Gasteiger partial charge is 0.442 e. The van der Waals surface area contributed by atoms with Gasteiger partial charge in [-0.1, -0.05) is 58.0 Å². The molecule has 4 aromatic rings. The zero-order chi connectivity index (χ0) is 38.8. The lowest BCUT2D eigenvalue weighted by atomic mass is 10.0. The molecule has 3 aliphatic heterocycles. The highest BCUT2D eigenvalue weighted by atomic mass is 32.1. The van der Waals surface area contributed by atoms with E-state index in [0.29, 0.717) is 60.9 Å². The van der Waals surface area contributed by atoms with Crippen LogP contribution >= 0.6 is 22.7 Å². The van der Waals surface area contributed by atoms with Crippen LogP contribution in [0.15, 0.2) is 51.8 Å². The van der Waals surface area contributed by atoms with E-state index in [1.807, 2.05) is 58.0 Å². The quantitative estimate of drug-likeness (QED) is 0.253. The predicted molar refractivity (Wildman–Crippen MR) is 206 cm³/mol. The van der Waals surface area contributed by atoms with E-state index in [-0.39, 0.29) is 41.1 Å². The molecule has 14 nitrogen and oxygen atoms in total. The van der Waals surface area contributed by atoms with Crippen molar-refractivity contribution in [1.82, 2.24) is 40.7 Å². The number of nitrogens with one attached hydrogen (secondary N) is 3. The van der Waals surface area contributed by atoms with Crippen molar-refractivity contribution in [1.29, 1.82) is 0 Å². The Hall–Kier alpha value is -4.96. The molecule has 290 valence electrons. The second kappa shape index (κ2) is 16.4. The van der Waals surface area contributed by atoms with Crippen molar-refractivity contribution in [2.75, 3.05) is 13.1 Å². The summed E-state index contributed by atoms with van der Waals surface area (Å²) in [5.74, 6) is -1.99. The van der Waals surface area contributed by atoms with E-state index in [4.69, 9.17) is 14.4 Å². The van der Waals surface area contributed by atoms with Gasteiger partial charge in [-0.25, -0.2) is 15.0 Å². The van der Waals surface area contributed by atoms with E-state index in [1.165, 1.54) is 33.8 Å². The number of aromatic nitrogens is 3. The van der Waals surface area contributed by atoms with Crippen LogP contribution in [0.2, 0.25) is 0 Å². The molecule has 0 aliphatic carbocycles. The Bertz CT molecular complexity index is 2040. The predicted octanol–water partition coefficient (Wildman–Crippen LogP) is 4.92. The maximum absolute atomic E-state index is 14.2. The normalized spacial score (nSPS) is 24.0. The van der Waals surface area contributed by atoms with Crippen LogP contribution in [0.1, 0.15) is 108 Å². The lowest BCUT2D eigenvalue weighted by Crippen LogP contribution is -2.55. The molecule has 3 aliphatic rings. The number of carbonyl (C=O) groups excluding carboxylic acids is 5. The summed E-state index contributed by atoms with van der Waals surface area (Å²) >= 11 is 2.63. The smallest absolute Gasteiger partial charge is 0.276 e. The topological polar surface area (TPSA) is 180 Å². The van der Waals surface area contributed by atoms with Gasteiger partial charge in [-0.05, 0) is 55.9 Å². The van der Waals surface area contributed by atoms with Crippen molar-refractivity contribution in [2.45, 2.75) is 96.4 Å². The Morgan fingerprint density at radius 3 is 2.20 bits per heavy atom. The third kappa shape index (κ3) is 8.34. The average Bonchev–Trinajstić information content (AvgIpc) is 4.01. The minimum atomic E-state index is -0.925. The standard InChI is InChI=1S/C39H46N8O6S2/c1-21(2)16-25-38(51)47-15-9-13-30(47)37-44-28(20-55-37)35-42-26(18-53-35)39(52)46-14-8-12-29(46)33(49)45-31(22(3)4)34(50)40-24(17-23-10-6-5-7-11-23)36-43-27(19-54-36)32(48)41-25/h5-7,10-11,18-22,24-25,29-31H,8-9,12-17H2,1-4H3,(H,40,50)(H,41,48)(H,45,49)/t24-,25+,29+,30+,31+/m1/s1. The summed E-state index contributed by atoms with van der Waals surface area (Å²) < 4.78 is 5.74. The molecule has 5 amide bonds. The number of carbonyl (C=O) groups is 5. The van der Waals surface area contributed by atoms with Crippen LogP contribution in [-0.4, -0.2) is 85.5 Å². The number of amides is 5. The van der Waals surface area contributed by atoms with Crippen molar-refractivity contribution in [2.24, 2.45) is 11.8 Å². The van der Waals surface area contributed by atoms with Gasteiger partial charge < -0.3 is 30.2 Å². The zero-order valence-electron chi connectivity index (χ0n) is 31.3. The highest BCUT2D eigenvalue weighted by molar-refractivity contribution is 7.10. The molecule has 0 saturated carbocycles. The minimum Gasteiger partial charge on any atom is -0.442 e. The molecule has 6 bridgehead atoms. The molecule has 2 fully saturated rings. The van der Waals surface area contributed by atoms with Crippen LogP contribution in [0.5, 0.6) is 0 Å². The molecule has 0 unspecified atom stereocenters. The first kappa shape index (κ1) is 38.3. The summed E-state index contributed by atoms with van der Waals surface area (Å²) in [6.07, 6.45) is 4.60. The molecule has 7 rings (SSSR count). The number of oxazole rings is 1. The van der Waals surface area contributed by atoms with Crippen molar-refractivity contribution in [3.05, 3.63) is 74.3 Å². The number of thiazole rings is 2. The molecule has 5 atom stereocenters. The van der Waals surface area contributed by atoms with Crippen LogP contribution in [0, 0.1) is 11.8 Å². The highest BCUT2D eigenvalue weighted by Crippen LogP contribution is 2.36. The van der Waals surface area contributed by atoms with E-state index in [2.05, 4.69) is 20.9 Å². The summed E-state index contributed by atoms with van der Waals surface area (Å²) in [5, 5.41) is 13.7. The number of nitrogens with zero attached hydrogens (tertiary/aromatic N) is 5. The number of rotatable bonds is 5. The van der Waals surface area contributed by atoms with Crippen LogP contribution in [0.25, 0.3) is 11.6 Å². The van der Waals surface area contributed by atoms with Crippen LogP contribution in [0.3, 0.4) is 0 Å². The molecular weight excluding hydrogens is 741 g/mol. The van der Waals surface area contributed by atoms with E-state index in [9.17, 15) is 24.0 Å². The molecule has 6 heterocycles. The molecule has 0 radical (unpaired) electrons. The van der Waals surface area contributed by atoms with Gasteiger partial charge in [0.2, 0.25) is 23.6 Å². The molecule has 55 heavy (non-hydrogen) atoms. The highest BCUT2D eigenvalue weighted by Gasteiger charge is 2.40. The van der Waals surface area contributed by atoms with E-state index in [0.717, 1.165) is 12.0 Å². The van der Waals surface area contributed by atoms with Gasteiger partial charge in [0.15, 0.2) is 5.69 Å². The molecule has 3 N–H and O–H groups in total. The van der Waals surface area contributed by atoms with Gasteiger partial charge in [-0.2, -0.15) is 0 Å². The summed E-state index contributed by atoms with van der Waals surface area (Å²) in [7, 11) is 0. The molecule has 1 aromatic carbocycles. The first-order valence-electron chi connectivity index (χ1n) is 18.9. The van der Waals surface area contributed by atoms with Crippen LogP contribution < -0.4 is 16.0 Å². The average molecular weight is 787 g/mol. The fourth-order valence-corrected chi connectivity index (χ4v) is 9.31. The van der Waals surface area contributed by atoms with Crippen molar-refractivity contribution in [3.63, 3.8) is 0 Å². The number of benzene rings is 1. The van der Waals surface area contributed by atoms with Crippen LogP contribution in [-0.2, 0) is 20.8 Å². The summed E-state index contributed by atoms with van der Waals surface area (Å²) in [4.78, 5) is 87.0. The van der Waals surface area contributed by atoms with E-state index >= 15 is 0 Å².